The number of aryl methyl sites for hydroxylation is 1. The van der Waals surface area contributed by atoms with Crippen molar-refractivity contribution in [3.8, 4) is 0 Å². The molecule has 1 amide bonds. The molecule has 7 heteroatoms. The van der Waals surface area contributed by atoms with Gasteiger partial charge in [0.2, 0.25) is 0 Å². The Bertz CT molecular complexity index is 743. The molecule has 1 saturated heterocycles. The predicted octanol–water partition coefficient (Wildman–Crippen LogP) is 1.25. The first-order valence-corrected chi connectivity index (χ1v) is 8.96. The predicted molar refractivity (Wildman–Crippen MR) is 101 cm³/mol. The first-order chi connectivity index (χ1) is 12.5. The van der Waals surface area contributed by atoms with Gasteiger partial charge in [0.25, 0.3) is 5.91 Å². The van der Waals surface area contributed by atoms with E-state index < -0.39 is 0 Å². The van der Waals surface area contributed by atoms with Gasteiger partial charge in [0.15, 0.2) is 0 Å². The summed E-state index contributed by atoms with van der Waals surface area (Å²) >= 11 is 0. The summed E-state index contributed by atoms with van der Waals surface area (Å²) in [6.07, 6.45) is 4.33. The Morgan fingerprint density at radius 1 is 1.15 bits per heavy atom. The van der Waals surface area contributed by atoms with Crippen molar-refractivity contribution in [3.63, 3.8) is 0 Å². The van der Waals surface area contributed by atoms with Crippen LogP contribution < -0.4 is 4.90 Å². The molecule has 3 heterocycles. The first kappa shape index (κ1) is 18.3. The molecular weight excluding hydrogens is 328 g/mol. The number of rotatable bonds is 5. The third-order valence-corrected chi connectivity index (χ3v) is 4.70. The Kier molecular flexibility index (Phi) is 5.78. The van der Waals surface area contributed by atoms with Gasteiger partial charge in [-0.1, -0.05) is 0 Å². The van der Waals surface area contributed by atoms with Crippen molar-refractivity contribution in [2.75, 3.05) is 51.7 Å². The number of aromatic nitrogens is 3. The van der Waals surface area contributed by atoms with Crippen LogP contribution in [0.2, 0.25) is 0 Å². The van der Waals surface area contributed by atoms with Crippen LogP contribution >= 0.6 is 0 Å². The van der Waals surface area contributed by atoms with Crippen LogP contribution in [0, 0.1) is 6.92 Å². The Balaban J connectivity index is 1.68. The van der Waals surface area contributed by atoms with Crippen LogP contribution in [0.3, 0.4) is 0 Å². The molecule has 0 radical (unpaired) electrons. The zero-order valence-corrected chi connectivity index (χ0v) is 15.7. The molecule has 1 fully saturated rings. The van der Waals surface area contributed by atoms with Gasteiger partial charge in [-0.3, -0.25) is 9.78 Å². The minimum atomic E-state index is -0.0695. The van der Waals surface area contributed by atoms with Gasteiger partial charge in [0, 0.05) is 58.2 Å². The van der Waals surface area contributed by atoms with Gasteiger partial charge in [-0.2, -0.15) is 0 Å². The van der Waals surface area contributed by atoms with E-state index in [0.29, 0.717) is 18.1 Å². The van der Waals surface area contributed by atoms with E-state index >= 15 is 0 Å². The second-order valence-electron chi connectivity index (χ2n) is 6.78. The summed E-state index contributed by atoms with van der Waals surface area (Å²) < 4.78 is 0. The first-order valence-electron chi connectivity index (χ1n) is 8.96. The third-order valence-electron chi connectivity index (χ3n) is 4.70. The summed E-state index contributed by atoms with van der Waals surface area (Å²) in [5.41, 5.74) is 1.63. The fourth-order valence-corrected chi connectivity index (χ4v) is 3.00. The molecule has 0 saturated carbocycles. The van der Waals surface area contributed by atoms with Gasteiger partial charge in [-0.15, -0.1) is 0 Å². The number of piperazine rings is 1. The number of hydrogen-bond donors (Lipinski definition) is 0. The van der Waals surface area contributed by atoms with Gasteiger partial charge in [-0.05, 0) is 38.1 Å². The zero-order chi connectivity index (χ0) is 18.5. The molecule has 7 nitrogen and oxygen atoms in total. The molecule has 0 aliphatic carbocycles. The molecule has 0 bridgehead atoms. The van der Waals surface area contributed by atoms with Gasteiger partial charge in [0.1, 0.15) is 17.3 Å². The Morgan fingerprint density at radius 2 is 1.85 bits per heavy atom. The smallest absolute Gasteiger partial charge is 0.272 e. The molecule has 0 spiro atoms. The molecule has 3 rings (SSSR count). The van der Waals surface area contributed by atoms with Crippen molar-refractivity contribution in [1.82, 2.24) is 24.8 Å². The van der Waals surface area contributed by atoms with Crippen molar-refractivity contribution >= 4 is 11.7 Å². The van der Waals surface area contributed by atoms with E-state index in [2.05, 4.69) is 31.8 Å². The van der Waals surface area contributed by atoms with E-state index in [9.17, 15) is 4.79 Å². The molecule has 26 heavy (non-hydrogen) atoms. The van der Waals surface area contributed by atoms with Gasteiger partial charge < -0.3 is 14.7 Å². The number of nitrogens with zero attached hydrogens (tertiary/aromatic N) is 6. The molecule has 138 valence electrons. The van der Waals surface area contributed by atoms with Crippen molar-refractivity contribution < 1.29 is 4.79 Å². The average molecular weight is 354 g/mol. The average Bonchev–Trinajstić information content (AvgIpc) is 2.66. The highest BCUT2D eigenvalue weighted by Crippen LogP contribution is 2.16. The van der Waals surface area contributed by atoms with E-state index in [1.165, 1.54) is 0 Å². The van der Waals surface area contributed by atoms with E-state index in [-0.39, 0.29) is 5.91 Å². The SMILES string of the molecule is Cc1nc(C(=O)N(C)CCc2ccncc2)cc(N2CCN(C)CC2)n1. The van der Waals surface area contributed by atoms with Crippen molar-refractivity contribution in [2.24, 2.45) is 0 Å². The second-order valence-corrected chi connectivity index (χ2v) is 6.78. The maximum absolute atomic E-state index is 12.8. The molecular formula is C19H26N6O. The van der Waals surface area contributed by atoms with Gasteiger partial charge >= 0.3 is 0 Å². The maximum atomic E-state index is 12.8. The number of carbonyl (C=O) groups excluding carboxylic acids is 1. The van der Waals surface area contributed by atoms with Gasteiger partial charge in [0.05, 0.1) is 0 Å². The van der Waals surface area contributed by atoms with E-state index in [0.717, 1.165) is 44.0 Å². The lowest BCUT2D eigenvalue weighted by Gasteiger charge is -2.33. The number of anilines is 1. The highest BCUT2D eigenvalue weighted by Gasteiger charge is 2.20. The number of likely N-dealkylation sites (N-methyl/N-ethyl adjacent to an activating group) is 2. The van der Waals surface area contributed by atoms with E-state index in [4.69, 9.17) is 0 Å². The Hall–Kier alpha value is -2.54. The number of pyridine rings is 1. The van der Waals surface area contributed by atoms with Crippen LogP contribution in [0.25, 0.3) is 0 Å². The minimum absolute atomic E-state index is 0.0695. The van der Waals surface area contributed by atoms with Crippen LogP contribution in [0.1, 0.15) is 21.9 Å². The Labute approximate surface area is 154 Å². The molecule has 1 aliphatic rings. The standard InChI is InChI=1S/C19H26N6O/c1-15-21-17(14-18(22-15)25-12-10-23(2)11-13-25)19(26)24(3)9-6-16-4-7-20-8-5-16/h4-5,7-8,14H,6,9-13H2,1-3H3. The molecule has 0 aromatic carbocycles. The third kappa shape index (κ3) is 4.54. The summed E-state index contributed by atoms with van der Waals surface area (Å²) in [5.74, 6) is 1.41. The van der Waals surface area contributed by atoms with Crippen LogP contribution in [0.5, 0.6) is 0 Å². The summed E-state index contributed by atoms with van der Waals surface area (Å²) in [5, 5.41) is 0. The van der Waals surface area contributed by atoms with Crippen LogP contribution in [0.15, 0.2) is 30.6 Å². The van der Waals surface area contributed by atoms with Crippen LogP contribution in [-0.2, 0) is 6.42 Å². The second kappa shape index (κ2) is 8.23. The van der Waals surface area contributed by atoms with Crippen LogP contribution in [0.4, 0.5) is 5.82 Å². The normalized spacial score (nSPS) is 15.1. The summed E-state index contributed by atoms with van der Waals surface area (Å²) in [4.78, 5) is 32.0. The molecule has 0 atom stereocenters. The van der Waals surface area contributed by atoms with E-state index in [1.54, 1.807) is 17.3 Å². The lowest BCUT2D eigenvalue weighted by atomic mass is 10.2. The van der Waals surface area contributed by atoms with Crippen molar-refractivity contribution in [3.05, 3.63) is 47.7 Å². The molecule has 0 N–H and O–H groups in total. The Morgan fingerprint density at radius 3 is 2.54 bits per heavy atom. The highest BCUT2D eigenvalue weighted by atomic mass is 16.2. The molecule has 2 aromatic rings. The lowest BCUT2D eigenvalue weighted by Crippen LogP contribution is -2.45. The van der Waals surface area contributed by atoms with Crippen LogP contribution in [-0.4, -0.2) is 77.5 Å². The monoisotopic (exact) mass is 354 g/mol. The fraction of sp³-hybridized carbons (Fsp3) is 0.474. The van der Waals surface area contributed by atoms with E-state index in [1.807, 2.05) is 32.2 Å². The zero-order valence-electron chi connectivity index (χ0n) is 15.7. The minimum Gasteiger partial charge on any atom is -0.354 e. The number of carbonyl (C=O) groups is 1. The highest BCUT2D eigenvalue weighted by molar-refractivity contribution is 5.92. The molecule has 2 aromatic heterocycles. The van der Waals surface area contributed by atoms with Crippen molar-refractivity contribution in [1.29, 1.82) is 0 Å². The largest absolute Gasteiger partial charge is 0.354 e. The summed E-state index contributed by atoms with van der Waals surface area (Å²) in [7, 11) is 3.94. The maximum Gasteiger partial charge on any atom is 0.272 e. The topological polar surface area (TPSA) is 65.5 Å². The van der Waals surface area contributed by atoms with Gasteiger partial charge in [-0.25, -0.2) is 9.97 Å². The number of hydrogen-bond acceptors (Lipinski definition) is 6. The summed E-state index contributed by atoms with van der Waals surface area (Å²) in [6, 6.07) is 5.76. The number of amides is 1. The lowest BCUT2D eigenvalue weighted by molar-refractivity contribution is 0.0790. The fourth-order valence-electron chi connectivity index (χ4n) is 3.00. The van der Waals surface area contributed by atoms with Crippen molar-refractivity contribution in [2.45, 2.75) is 13.3 Å². The molecule has 0 unspecified atom stereocenters. The summed E-state index contributed by atoms with van der Waals surface area (Å²) in [6.45, 7) is 6.30. The molecule has 1 aliphatic heterocycles. The quantitative estimate of drug-likeness (QED) is 0.805.